The van der Waals surface area contributed by atoms with Gasteiger partial charge in [-0.25, -0.2) is 0 Å². The summed E-state index contributed by atoms with van der Waals surface area (Å²) in [5.41, 5.74) is 1.08. The SMILES string of the molecule is CC(NCC(O)COC(C)c1ccccc1)C(=O)N(C)C. The molecule has 0 aliphatic carbocycles. The largest absolute Gasteiger partial charge is 0.389 e. The van der Waals surface area contributed by atoms with E-state index in [0.717, 1.165) is 5.56 Å². The van der Waals surface area contributed by atoms with E-state index in [2.05, 4.69) is 5.32 Å². The van der Waals surface area contributed by atoms with Gasteiger partial charge in [-0.2, -0.15) is 0 Å². The van der Waals surface area contributed by atoms with Crippen molar-refractivity contribution in [3.8, 4) is 0 Å². The van der Waals surface area contributed by atoms with Gasteiger partial charge in [0.1, 0.15) is 0 Å². The number of ether oxygens (including phenoxy) is 1. The molecule has 0 aliphatic rings. The Bertz CT molecular complexity index is 423. The summed E-state index contributed by atoms with van der Waals surface area (Å²) in [7, 11) is 3.42. The lowest BCUT2D eigenvalue weighted by Gasteiger charge is -2.21. The smallest absolute Gasteiger partial charge is 0.238 e. The van der Waals surface area contributed by atoms with Crippen LogP contribution in [-0.2, 0) is 9.53 Å². The molecule has 0 spiro atoms. The molecule has 0 heterocycles. The Morgan fingerprint density at radius 3 is 2.48 bits per heavy atom. The summed E-state index contributed by atoms with van der Waals surface area (Å²) in [6.07, 6.45) is -0.713. The van der Waals surface area contributed by atoms with Crippen LogP contribution in [0.2, 0.25) is 0 Å². The number of benzene rings is 1. The van der Waals surface area contributed by atoms with Crippen molar-refractivity contribution in [1.82, 2.24) is 10.2 Å². The van der Waals surface area contributed by atoms with Gasteiger partial charge in [0.25, 0.3) is 0 Å². The highest BCUT2D eigenvalue weighted by Crippen LogP contribution is 2.15. The van der Waals surface area contributed by atoms with E-state index in [0.29, 0.717) is 6.54 Å². The van der Waals surface area contributed by atoms with Crippen LogP contribution in [0.1, 0.15) is 25.5 Å². The average Bonchev–Trinajstić information content (AvgIpc) is 2.50. The van der Waals surface area contributed by atoms with Crippen molar-refractivity contribution < 1.29 is 14.6 Å². The number of carbonyl (C=O) groups excluding carboxylic acids is 1. The van der Waals surface area contributed by atoms with Crippen LogP contribution in [0.25, 0.3) is 0 Å². The van der Waals surface area contributed by atoms with E-state index in [1.807, 2.05) is 37.3 Å². The van der Waals surface area contributed by atoms with E-state index in [1.165, 1.54) is 4.90 Å². The number of carbonyl (C=O) groups is 1. The third-order valence-electron chi connectivity index (χ3n) is 3.28. The lowest BCUT2D eigenvalue weighted by atomic mass is 10.1. The Hall–Kier alpha value is -1.43. The Labute approximate surface area is 126 Å². The quantitative estimate of drug-likeness (QED) is 0.756. The predicted molar refractivity (Wildman–Crippen MR) is 83.0 cm³/mol. The van der Waals surface area contributed by atoms with E-state index < -0.39 is 6.10 Å². The maximum atomic E-state index is 11.7. The molecule has 0 aliphatic heterocycles. The molecule has 0 aromatic heterocycles. The number of nitrogens with one attached hydrogen (secondary N) is 1. The summed E-state index contributed by atoms with van der Waals surface area (Å²) in [6.45, 7) is 4.28. The third kappa shape index (κ3) is 6.25. The fraction of sp³-hybridized carbons (Fsp3) is 0.562. The number of aliphatic hydroxyl groups is 1. The summed E-state index contributed by atoms with van der Waals surface area (Å²) < 4.78 is 5.64. The van der Waals surface area contributed by atoms with E-state index in [9.17, 15) is 9.90 Å². The van der Waals surface area contributed by atoms with Crippen molar-refractivity contribution in [2.24, 2.45) is 0 Å². The molecular formula is C16H26N2O3. The molecule has 1 rings (SSSR count). The zero-order valence-electron chi connectivity index (χ0n) is 13.2. The van der Waals surface area contributed by atoms with Crippen LogP contribution in [0, 0.1) is 0 Å². The maximum absolute atomic E-state index is 11.7. The van der Waals surface area contributed by atoms with Gasteiger partial charge in [0.15, 0.2) is 0 Å². The van der Waals surface area contributed by atoms with Crippen LogP contribution in [-0.4, -0.2) is 55.3 Å². The number of nitrogens with zero attached hydrogens (tertiary/aromatic N) is 1. The summed E-state index contributed by atoms with van der Waals surface area (Å²) in [6, 6.07) is 9.54. The van der Waals surface area contributed by atoms with E-state index in [1.54, 1.807) is 21.0 Å². The molecule has 1 amide bonds. The lowest BCUT2D eigenvalue weighted by molar-refractivity contribution is -0.130. The number of likely N-dealkylation sites (N-methyl/N-ethyl adjacent to an activating group) is 1. The second-order valence-corrected chi connectivity index (χ2v) is 5.40. The molecular weight excluding hydrogens is 268 g/mol. The standard InChI is InChI=1S/C16H26N2O3/c1-12(16(20)18(3)4)17-10-15(19)11-21-13(2)14-8-6-5-7-9-14/h5-9,12-13,15,17,19H,10-11H2,1-4H3. The molecule has 5 heteroatoms. The highest BCUT2D eigenvalue weighted by atomic mass is 16.5. The first-order valence-electron chi connectivity index (χ1n) is 7.21. The van der Waals surface area contributed by atoms with Gasteiger partial charge in [0.2, 0.25) is 5.91 Å². The molecule has 21 heavy (non-hydrogen) atoms. The maximum Gasteiger partial charge on any atom is 0.238 e. The highest BCUT2D eigenvalue weighted by molar-refractivity contribution is 5.80. The molecule has 5 nitrogen and oxygen atoms in total. The van der Waals surface area contributed by atoms with Gasteiger partial charge in [-0.1, -0.05) is 30.3 Å². The first-order chi connectivity index (χ1) is 9.91. The van der Waals surface area contributed by atoms with Gasteiger partial charge in [-0.05, 0) is 19.4 Å². The Morgan fingerprint density at radius 1 is 1.29 bits per heavy atom. The molecule has 3 atom stereocenters. The number of rotatable bonds is 8. The van der Waals surface area contributed by atoms with Crippen LogP contribution in [0.5, 0.6) is 0 Å². The Balaban J connectivity index is 2.28. The summed E-state index contributed by atoms with van der Waals surface area (Å²) in [5, 5.41) is 12.9. The second-order valence-electron chi connectivity index (χ2n) is 5.40. The first-order valence-corrected chi connectivity index (χ1v) is 7.21. The molecule has 118 valence electrons. The van der Waals surface area contributed by atoms with Crippen LogP contribution in [0.4, 0.5) is 0 Å². The van der Waals surface area contributed by atoms with Crippen molar-refractivity contribution in [2.75, 3.05) is 27.2 Å². The molecule has 2 N–H and O–H groups in total. The average molecular weight is 294 g/mol. The lowest BCUT2D eigenvalue weighted by Crippen LogP contribution is -2.45. The van der Waals surface area contributed by atoms with Crippen LogP contribution >= 0.6 is 0 Å². The monoisotopic (exact) mass is 294 g/mol. The Kier molecular flexibility index (Phi) is 7.36. The molecule has 0 fully saturated rings. The summed E-state index contributed by atoms with van der Waals surface area (Å²) in [4.78, 5) is 13.2. The minimum atomic E-state index is -0.645. The summed E-state index contributed by atoms with van der Waals surface area (Å²) >= 11 is 0. The molecule has 0 radical (unpaired) electrons. The minimum absolute atomic E-state index is 0.0132. The van der Waals surface area contributed by atoms with E-state index in [-0.39, 0.29) is 24.7 Å². The molecule has 0 saturated carbocycles. The predicted octanol–water partition coefficient (Wildman–Crippen LogP) is 1.19. The molecule has 0 bridgehead atoms. The van der Waals surface area contributed by atoms with Crippen molar-refractivity contribution in [2.45, 2.75) is 32.1 Å². The van der Waals surface area contributed by atoms with Crippen molar-refractivity contribution in [3.05, 3.63) is 35.9 Å². The first kappa shape index (κ1) is 17.6. The Morgan fingerprint density at radius 2 is 1.90 bits per heavy atom. The second kappa shape index (κ2) is 8.77. The topological polar surface area (TPSA) is 61.8 Å². The fourth-order valence-electron chi connectivity index (χ4n) is 1.92. The number of hydrogen-bond donors (Lipinski definition) is 2. The van der Waals surface area contributed by atoms with Gasteiger partial charge in [-0.15, -0.1) is 0 Å². The molecule has 0 saturated heterocycles. The molecule has 1 aromatic rings. The zero-order chi connectivity index (χ0) is 15.8. The normalized spacial score (nSPS) is 15.3. The van der Waals surface area contributed by atoms with Crippen LogP contribution in [0.15, 0.2) is 30.3 Å². The highest BCUT2D eigenvalue weighted by Gasteiger charge is 2.16. The van der Waals surface area contributed by atoms with Crippen LogP contribution in [0.3, 0.4) is 0 Å². The fourth-order valence-corrected chi connectivity index (χ4v) is 1.92. The number of aliphatic hydroxyl groups excluding tert-OH is 1. The molecule has 1 aromatic carbocycles. The van der Waals surface area contributed by atoms with Gasteiger partial charge in [-0.3, -0.25) is 4.79 Å². The van der Waals surface area contributed by atoms with Gasteiger partial charge in [0, 0.05) is 20.6 Å². The van der Waals surface area contributed by atoms with Gasteiger partial charge < -0.3 is 20.1 Å². The number of amides is 1. The summed E-state index contributed by atoms with van der Waals surface area (Å²) in [5.74, 6) is -0.0132. The van der Waals surface area contributed by atoms with Gasteiger partial charge in [0.05, 0.1) is 24.9 Å². The minimum Gasteiger partial charge on any atom is -0.389 e. The van der Waals surface area contributed by atoms with Crippen molar-refractivity contribution in [1.29, 1.82) is 0 Å². The van der Waals surface area contributed by atoms with Crippen LogP contribution < -0.4 is 5.32 Å². The third-order valence-corrected chi connectivity index (χ3v) is 3.28. The van der Waals surface area contributed by atoms with E-state index >= 15 is 0 Å². The zero-order valence-corrected chi connectivity index (χ0v) is 13.2. The van der Waals surface area contributed by atoms with Crippen molar-refractivity contribution in [3.63, 3.8) is 0 Å². The number of hydrogen-bond acceptors (Lipinski definition) is 4. The van der Waals surface area contributed by atoms with E-state index in [4.69, 9.17) is 4.74 Å². The van der Waals surface area contributed by atoms with Crippen molar-refractivity contribution >= 4 is 5.91 Å². The molecule has 3 unspecified atom stereocenters. The van der Waals surface area contributed by atoms with Gasteiger partial charge >= 0.3 is 0 Å².